The summed E-state index contributed by atoms with van der Waals surface area (Å²) in [5.74, 6) is 0. The molecule has 0 amide bonds. The number of rotatable bonds is 9. The van der Waals surface area contributed by atoms with Crippen LogP contribution >= 0.6 is 0 Å². The molecule has 0 spiro atoms. The Morgan fingerprint density at radius 2 is 0.282 bits per heavy atom. The first-order valence-corrected chi connectivity index (χ1v) is 33.8. The summed E-state index contributed by atoms with van der Waals surface area (Å²) >= 11 is 0. The van der Waals surface area contributed by atoms with Crippen LogP contribution in [-0.2, 0) is 84.9 Å². The van der Waals surface area contributed by atoms with E-state index in [0.29, 0.717) is 0 Å². The minimum absolute atomic E-state index is 0. The fourth-order valence-corrected chi connectivity index (χ4v) is 15.8. The zero-order valence-corrected chi connectivity index (χ0v) is 63.9. The highest BCUT2D eigenvalue weighted by atomic mass is 14.3. The summed E-state index contributed by atoms with van der Waals surface area (Å²) in [7, 11) is 0. The molecule has 0 unspecified atom stereocenters. The molecule has 0 aliphatic heterocycles. The van der Waals surface area contributed by atoms with Gasteiger partial charge < -0.3 is 0 Å². The van der Waals surface area contributed by atoms with Crippen molar-refractivity contribution in [3.63, 3.8) is 0 Å². The minimum Gasteiger partial charge on any atom is -0.0776 e. The summed E-state index contributed by atoms with van der Waals surface area (Å²) in [5, 5.41) is 0. The molecule has 482 valence electrons. The topological polar surface area (TPSA) is 0 Å². The third-order valence-corrected chi connectivity index (χ3v) is 20.2. The van der Waals surface area contributed by atoms with Crippen molar-refractivity contribution in [1.82, 2.24) is 0 Å². The third kappa shape index (κ3) is 18.1. The van der Waals surface area contributed by atoms with Crippen LogP contribution in [0.3, 0.4) is 0 Å². The lowest BCUT2D eigenvalue weighted by Gasteiger charge is -2.31. The molecular weight excluding hydrogens is 1020 g/mol. The van der Waals surface area contributed by atoms with E-state index >= 15 is 0 Å². The van der Waals surface area contributed by atoms with Gasteiger partial charge in [0, 0.05) is 0 Å². The molecule has 0 nitrogen and oxygen atoms in total. The van der Waals surface area contributed by atoms with Crippen LogP contribution in [0.15, 0.2) is 0 Å². The average Bonchev–Trinajstić information content (AvgIpc) is 2.86. The van der Waals surface area contributed by atoms with Gasteiger partial charge in [0.15, 0.2) is 0 Å². The Morgan fingerprint density at radius 3 is 0.506 bits per heavy atom. The first-order valence-electron chi connectivity index (χ1n) is 33.8. The van der Waals surface area contributed by atoms with Crippen molar-refractivity contribution < 1.29 is 0 Å². The molecule has 0 saturated carbocycles. The molecule has 5 aromatic rings. The van der Waals surface area contributed by atoms with Gasteiger partial charge in [-0.2, -0.15) is 0 Å². The highest BCUT2D eigenvalue weighted by molar-refractivity contribution is 5.57. The second kappa shape index (κ2) is 32.0. The minimum atomic E-state index is 0. The van der Waals surface area contributed by atoms with Gasteiger partial charge in [-0.15, -0.1) is 0 Å². The van der Waals surface area contributed by atoms with E-state index in [2.05, 4.69) is 277 Å². The molecule has 0 aliphatic carbocycles. The van der Waals surface area contributed by atoms with Crippen molar-refractivity contribution in [1.29, 1.82) is 0 Å². The Morgan fingerprint density at radius 1 is 0.153 bits per heavy atom. The largest absolute Gasteiger partial charge is 0.0776 e. The van der Waals surface area contributed by atoms with Crippen molar-refractivity contribution in [3.05, 3.63) is 167 Å². The maximum Gasteiger partial charge on any atom is -0.0126 e. The summed E-state index contributed by atoms with van der Waals surface area (Å²) in [6, 6.07) is 0. The van der Waals surface area contributed by atoms with Gasteiger partial charge in [0.2, 0.25) is 0 Å². The monoisotopic (exact) mass is 1160 g/mol. The fourth-order valence-electron chi connectivity index (χ4n) is 15.8. The zero-order valence-electron chi connectivity index (χ0n) is 63.9. The molecule has 0 atom stereocenters. The number of benzene rings is 5. The van der Waals surface area contributed by atoms with Crippen molar-refractivity contribution >= 4 is 0 Å². The molecule has 0 bridgehead atoms. The van der Waals surface area contributed by atoms with Crippen LogP contribution in [-0.4, -0.2) is 0 Å². The van der Waals surface area contributed by atoms with E-state index in [1.54, 1.807) is 89.0 Å². The van der Waals surface area contributed by atoms with Crippen molar-refractivity contribution in [3.8, 4) is 0 Å². The second-order valence-corrected chi connectivity index (χ2v) is 30.6. The van der Waals surface area contributed by atoms with Gasteiger partial charge in [-0.3, -0.25) is 0 Å². The smallest absolute Gasteiger partial charge is 0.0126 e. The van der Waals surface area contributed by atoms with E-state index in [1.807, 2.05) is 0 Å². The van der Waals surface area contributed by atoms with Gasteiger partial charge in [-0.1, -0.05) is 174 Å². The predicted octanol–water partition coefficient (Wildman–Crippen LogP) is 25.6. The van der Waals surface area contributed by atoms with Gasteiger partial charge in [-0.25, -0.2) is 0 Å². The zero-order chi connectivity index (χ0) is 66.2. The molecule has 0 aromatic heterocycles. The van der Waals surface area contributed by atoms with E-state index in [0.717, 1.165) is 57.8 Å². The molecule has 0 heteroatoms. The van der Waals surface area contributed by atoms with E-state index in [4.69, 9.17) is 0 Å². The number of hydrogen-bond acceptors (Lipinski definition) is 0. The van der Waals surface area contributed by atoms with Crippen LogP contribution < -0.4 is 0 Å². The van der Waals surface area contributed by atoms with Gasteiger partial charge in [0.05, 0.1) is 0 Å². The molecule has 0 fully saturated rings. The molecule has 0 N–H and O–H groups in total. The van der Waals surface area contributed by atoms with Gasteiger partial charge in [0.25, 0.3) is 0 Å². The van der Waals surface area contributed by atoms with Crippen molar-refractivity contribution in [2.24, 2.45) is 0 Å². The summed E-state index contributed by atoms with van der Waals surface area (Å²) in [5.41, 5.74) is 47.4. The first-order chi connectivity index (χ1) is 38.2. The summed E-state index contributed by atoms with van der Waals surface area (Å²) in [4.78, 5) is 0. The van der Waals surface area contributed by atoms with E-state index in [-0.39, 0.29) is 34.5 Å². The van der Waals surface area contributed by atoms with E-state index < -0.39 is 0 Å². The highest BCUT2D eigenvalue weighted by Gasteiger charge is 2.29. The van der Waals surface area contributed by atoms with Gasteiger partial charge in [-0.05, 0) is 363 Å². The lowest BCUT2D eigenvalue weighted by molar-refractivity contribution is 0.573. The predicted molar refractivity (Wildman–Crippen MR) is 393 cm³/mol. The lowest BCUT2D eigenvalue weighted by Crippen LogP contribution is -2.20. The van der Waals surface area contributed by atoms with Crippen LogP contribution in [0.5, 0.6) is 0 Å². The molecule has 5 rings (SSSR count). The Labute approximate surface area is 533 Å². The van der Waals surface area contributed by atoms with Crippen LogP contribution in [0.25, 0.3) is 0 Å². The molecule has 0 saturated heterocycles. The first kappa shape index (κ1) is 81.1. The Hall–Kier alpha value is -3.90. The van der Waals surface area contributed by atoms with Crippen molar-refractivity contribution in [2.75, 3.05) is 0 Å². The average molecular weight is 1160 g/mol. The summed E-state index contributed by atoms with van der Waals surface area (Å²) in [6.45, 7) is 92.1. The molecule has 0 aliphatic rings. The Balaban J connectivity index is 0.00000104. The SMILES string of the molecule is C.CCc1c(C)c(C)c(C(C)(C)C)c(C)c1C.CCc1c(C)c(C)c(C(C)(C)C)c(CC)c1C.CCc1c(C)c(C)c(C)c(C)c1C(C)(C)C.CCc1c(C)c(C)c(C)c(CC)c1C(C)(C)C.CCc1c(C)c(CC)c(C(C)(C)C)c(CC)c1C. The van der Waals surface area contributed by atoms with Crippen LogP contribution in [0.2, 0.25) is 0 Å². The van der Waals surface area contributed by atoms with Crippen LogP contribution in [0.4, 0.5) is 0 Å². The van der Waals surface area contributed by atoms with E-state index in [9.17, 15) is 0 Å². The molecule has 85 heavy (non-hydrogen) atoms. The molecular formula is C85H142. The highest BCUT2D eigenvalue weighted by Crippen LogP contribution is 2.41. The normalized spacial score (nSPS) is 11.9. The molecule has 5 aromatic carbocycles. The van der Waals surface area contributed by atoms with Gasteiger partial charge in [0.1, 0.15) is 0 Å². The number of hydrogen-bond donors (Lipinski definition) is 0. The quantitative estimate of drug-likeness (QED) is 0.138. The maximum absolute atomic E-state index is 2.35. The van der Waals surface area contributed by atoms with Crippen molar-refractivity contribution in [2.45, 2.75) is 369 Å². The fraction of sp³-hybridized carbons (Fsp3) is 0.647. The van der Waals surface area contributed by atoms with Crippen LogP contribution in [0, 0.1) is 111 Å². The third-order valence-electron chi connectivity index (χ3n) is 20.2. The second-order valence-electron chi connectivity index (χ2n) is 30.6. The lowest BCUT2D eigenvalue weighted by atomic mass is 9.74. The van der Waals surface area contributed by atoms with Gasteiger partial charge >= 0.3 is 0 Å². The Kier molecular flexibility index (Phi) is 30.6. The van der Waals surface area contributed by atoms with Crippen LogP contribution in [0.1, 0.15) is 340 Å². The summed E-state index contributed by atoms with van der Waals surface area (Å²) < 4.78 is 0. The standard InChI is InChI=1S/C18H30.2C17H28.2C16H26.CH4/c1-9-14-12(4)15(10-2)17(18(6,7)8)16(11-3)13(14)5;1-9-14-11(3)12(4)16(17(6,7)8)15(10-2)13(14)5;1-9-14-12(4)11(3)13(5)15(10-2)16(14)17(6,7)8;1-9-14-10(2)12(4)15(16(6,7)8)13(5)11(14)3;1-9-14-12(4)10(2)11(3)13(5)15(14)16(6,7)8;/h9-11H2,1-8H3;2*9-10H2,1-8H3;2*9H2,1-8H3;1H4. The summed E-state index contributed by atoms with van der Waals surface area (Å²) in [6.07, 6.45) is 10.3. The Bertz CT molecular complexity index is 2940. The molecule has 0 heterocycles. The molecule has 0 radical (unpaired) electrons. The van der Waals surface area contributed by atoms with E-state index in [1.165, 1.54) is 77.9 Å². The maximum atomic E-state index is 2.35.